The number of methoxy groups -OCH3 is 1. The van der Waals surface area contributed by atoms with Gasteiger partial charge in [0.25, 0.3) is 0 Å². The Morgan fingerprint density at radius 2 is 2.00 bits per heavy atom. The highest BCUT2D eigenvalue weighted by Crippen LogP contribution is 2.31. The fraction of sp³-hybridized carbons (Fsp3) is 0.360. The largest absolute Gasteiger partial charge is 0.478 e. The summed E-state index contributed by atoms with van der Waals surface area (Å²) in [4.78, 5) is 23.3. The number of aryl methyl sites for hydroxylation is 1. The SMILES string of the molecule is COC1CCN(c2nc3c([C@@H](C)Nc4ccccc4C(=O)O)cc(C)cc3nc2C#N)CC1. The average molecular weight is 446 g/mol. The molecule has 0 aliphatic carbocycles. The van der Waals surface area contributed by atoms with E-state index in [2.05, 4.69) is 21.3 Å². The van der Waals surface area contributed by atoms with E-state index >= 15 is 0 Å². The van der Waals surface area contributed by atoms with Crippen LogP contribution in [0.2, 0.25) is 0 Å². The zero-order valence-corrected chi connectivity index (χ0v) is 19.0. The van der Waals surface area contributed by atoms with Gasteiger partial charge in [-0.2, -0.15) is 5.26 Å². The third kappa shape index (κ3) is 4.59. The number of hydrogen-bond acceptors (Lipinski definition) is 7. The van der Waals surface area contributed by atoms with Gasteiger partial charge in [-0.25, -0.2) is 14.8 Å². The number of nitriles is 1. The molecule has 0 bridgehead atoms. The highest BCUT2D eigenvalue weighted by atomic mass is 16.5. The zero-order chi connectivity index (χ0) is 23.5. The van der Waals surface area contributed by atoms with Crippen molar-refractivity contribution in [3.8, 4) is 6.07 Å². The van der Waals surface area contributed by atoms with E-state index in [-0.39, 0.29) is 17.7 Å². The number of carboxylic acids is 1. The molecule has 2 aromatic carbocycles. The maximum atomic E-state index is 11.6. The van der Waals surface area contributed by atoms with Gasteiger partial charge in [0.2, 0.25) is 0 Å². The number of nitrogens with one attached hydrogen (secondary N) is 1. The van der Waals surface area contributed by atoms with Gasteiger partial charge in [0.15, 0.2) is 11.5 Å². The summed E-state index contributed by atoms with van der Waals surface area (Å²) in [6, 6.07) is 12.8. The fourth-order valence-corrected chi connectivity index (χ4v) is 4.36. The predicted octanol–water partition coefficient (Wildman–Crippen LogP) is 4.30. The lowest BCUT2D eigenvalue weighted by Gasteiger charge is -2.32. The van der Waals surface area contributed by atoms with Crippen LogP contribution >= 0.6 is 0 Å². The first-order valence-electron chi connectivity index (χ1n) is 11.0. The maximum Gasteiger partial charge on any atom is 0.337 e. The molecule has 4 rings (SSSR count). The molecule has 2 N–H and O–H groups in total. The van der Waals surface area contributed by atoms with E-state index < -0.39 is 5.97 Å². The molecule has 0 amide bonds. The Hall–Kier alpha value is -3.70. The lowest BCUT2D eigenvalue weighted by molar-refractivity contribution is 0.0698. The molecule has 1 saturated heterocycles. The normalized spacial score (nSPS) is 15.3. The van der Waals surface area contributed by atoms with Gasteiger partial charge < -0.3 is 20.1 Å². The number of anilines is 2. The van der Waals surface area contributed by atoms with Crippen molar-refractivity contribution < 1.29 is 14.6 Å². The number of hydrogen-bond donors (Lipinski definition) is 2. The highest BCUT2D eigenvalue weighted by Gasteiger charge is 2.24. The van der Waals surface area contributed by atoms with Crippen LogP contribution in [0.3, 0.4) is 0 Å². The number of ether oxygens (including phenoxy) is 1. The van der Waals surface area contributed by atoms with Crippen molar-refractivity contribution in [3.63, 3.8) is 0 Å². The van der Waals surface area contributed by atoms with E-state index in [4.69, 9.17) is 9.72 Å². The first-order valence-corrected chi connectivity index (χ1v) is 11.0. The van der Waals surface area contributed by atoms with Gasteiger partial charge in [-0.3, -0.25) is 0 Å². The second-order valence-corrected chi connectivity index (χ2v) is 8.37. The standard InChI is InChI=1S/C25H27N5O3/c1-15-12-19(16(2)27-20-7-5-4-6-18(20)25(31)32)23-21(13-15)28-22(14-26)24(29-23)30-10-8-17(33-3)9-11-30/h4-7,12-13,16-17,27H,8-11H2,1-3H3,(H,31,32)/t16-/m1/s1. The smallest absolute Gasteiger partial charge is 0.337 e. The van der Waals surface area contributed by atoms with Gasteiger partial charge >= 0.3 is 5.97 Å². The molecule has 1 aromatic heterocycles. The Balaban J connectivity index is 1.76. The summed E-state index contributed by atoms with van der Waals surface area (Å²) in [6.45, 7) is 5.43. The van der Waals surface area contributed by atoms with Gasteiger partial charge in [0.05, 0.1) is 28.7 Å². The van der Waals surface area contributed by atoms with E-state index in [1.54, 1.807) is 31.4 Å². The maximum absolute atomic E-state index is 11.6. The fourth-order valence-electron chi connectivity index (χ4n) is 4.36. The Kier molecular flexibility index (Phi) is 6.43. The molecule has 1 aliphatic heterocycles. The lowest BCUT2D eigenvalue weighted by atomic mass is 10.0. The molecule has 0 saturated carbocycles. The number of aromatic nitrogens is 2. The van der Waals surface area contributed by atoms with Gasteiger partial charge in [0, 0.05) is 31.5 Å². The zero-order valence-electron chi connectivity index (χ0n) is 19.0. The van der Waals surface area contributed by atoms with Crippen LogP contribution in [0.15, 0.2) is 36.4 Å². The van der Waals surface area contributed by atoms with Crippen molar-refractivity contribution in [1.29, 1.82) is 5.26 Å². The summed E-state index contributed by atoms with van der Waals surface area (Å²) in [5.74, 6) is -0.401. The lowest BCUT2D eigenvalue weighted by Crippen LogP contribution is -2.37. The van der Waals surface area contributed by atoms with Gasteiger partial charge in [0.1, 0.15) is 6.07 Å². The summed E-state index contributed by atoms with van der Waals surface area (Å²) in [6.07, 6.45) is 1.95. The minimum absolute atomic E-state index is 0.209. The number of benzene rings is 2. The van der Waals surface area contributed by atoms with Crippen molar-refractivity contribution in [2.75, 3.05) is 30.4 Å². The quantitative estimate of drug-likeness (QED) is 0.578. The molecule has 33 heavy (non-hydrogen) atoms. The van der Waals surface area contributed by atoms with E-state index in [0.29, 0.717) is 28.2 Å². The number of fused-ring (bicyclic) bond motifs is 1. The molecule has 170 valence electrons. The number of nitrogens with zero attached hydrogens (tertiary/aromatic N) is 4. The third-order valence-corrected chi connectivity index (χ3v) is 6.10. The second-order valence-electron chi connectivity index (χ2n) is 8.37. The van der Waals surface area contributed by atoms with Crippen molar-refractivity contribution in [1.82, 2.24) is 9.97 Å². The molecule has 8 nitrogen and oxygen atoms in total. The molecule has 3 aromatic rings. The van der Waals surface area contributed by atoms with E-state index in [1.165, 1.54) is 0 Å². The molecular formula is C25H27N5O3. The average Bonchev–Trinajstić information content (AvgIpc) is 2.82. The van der Waals surface area contributed by atoms with Crippen LogP contribution in [0.25, 0.3) is 11.0 Å². The van der Waals surface area contributed by atoms with Crippen LogP contribution in [0.4, 0.5) is 11.5 Å². The Bertz CT molecular complexity index is 1230. The number of carbonyl (C=O) groups is 1. The summed E-state index contributed by atoms with van der Waals surface area (Å²) >= 11 is 0. The third-order valence-electron chi connectivity index (χ3n) is 6.10. The second kappa shape index (κ2) is 9.43. The molecule has 0 spiro atoms. The molecular weight excluding hydrogens is 418 g/mol. The molecule has 1 fully saturated rings. The first-order chi connectivity index (χ1) is 15.9. The molecule has 8 heteroatoms. The first kappa shape index (κ1) is 22.5. The van der Waals surface area contributed by atoms with Gasteiger partial charge in [-0.1, -0.05) is 18.2 Å². The van der Waals surface area contributed by atoms with Crippen molar-refractivity contribution in [2.24, 2.45) is 0 Å². The number of carboxylic acid groups (broad SMARTS) is 1. The number of piperidine rings is 1. The van der Waals surface area contributed by atoms with Gasteiger partial charge in [-0.15, -0.1) is 0 Å². The predicted molar refractivity (Wildman–Crippen MR) is 127 cm³/mol. The Morgan fingerprint density at radius 3 is 2.67 bits per heavy atom. The van der Waals surface area contributed by atoms with E-state index in [0.717, 1.165) is 37.1 Å². The topological polar surface area (TPSA) is 111 Å². The summed E-state index contributed by atoms with van der Waals surface area (Å²) in [5.41, 5.74) is 4.30. The summed E-state index contributed by atoms with van der Waals surface area (Å²) in [5, 5.41) is 22.6. The molecule has 0 unspecified atom stereocenters. The van der Waals surface area contributed by atoms with Crippen LogP contribution in [-0.2, 0) is 4.74 Å². The van der Waals surface area contributed by atoms with Crippen molar-refractivity contribution in [2.45, 2.75) is 38.8 Å². The summed E-state index contributed by atoms with van der Waals surface area (Å²) < 4.78 is 5.47. The van der Waals surface area contributed by atoms with Crippen LogP contribution in [0, 0.1) is 18.3 Å². The van der Waals surface area contributed by atoms with E-state index in [9.17, 15) is 15.2 Å². The van der Waals surface area contributed by atoms with Crippen LogP contribution in [0.1, 0.15) is 53.0 Å². The summed E-state index contributed by atoms with van der Waals surface area (Å²) in [7, 11) is 1.72. The number of aromatic carboxylic acids is 1. The number of para-hydroxylation sites is 1. The number of rotatable bonds is 6. The molecule has 2 heterocycles. The Morgan fingerprint density at radius 1 is 1.27 bits per heavy atom. The van der Waals surface area contributed by atoms with Crippen LogP contribution in [0.5, 0.6) is 0 Å². The minimum Gasteiger partial charge on any atom is -0.478 e. The Labute approximate surface area is 192 Å². The highest BCUT2D eigenvalue weighted by molar-refractivity contribution is 5.94. The van der Waals surface area contributed by atoms with Crippen LogP contribution < -0.4 is 10.2 Å². The molecule has 1 aliphatic rings. The van der Waals surface area contributed by atoms with Crippen molar-refractivity contribution >= 4 is 28.5 Å². The molecule has 1 atom stereocenters. The minimum atomic E-state index is -0.986. The van der Waals surface area contributed by atoms with Crippen LogP contribution in [-0.4, -0.2) is 47.3 Å². The monoisotopic (exact) mass is 445 g/mol. The van der Waals surface area contributed by atoms with Gasteiger partial charge in [-0.05, 0) is 50.5 Å². The van der Waals surface area contributed by atoms with E-state index in [1.807, 2.05) is 26.0 Å². The van der Waals surface area contributed by atoms with Crippen molar-refractivity contribution in [3.05, 3.63) is 58.8 Å². The molecule has 0 radical (unpaired) electrons.